The maximum absolute atomic E-state index is 14.5. The quantitative estimate of drug-likeness (QED) is 0.287. The van der Waals surface area contributed by atoms with Gasteiger partial charge in [0.25, 0.3) is 0 Å². The molecule has 0 aliphatic heterocycles. The summed E-state index contributed by atoms with van der Waals surface area (Å²) in [6, 6.07) is 10.9. The molecular weight excluding hydrogens is 485 g/mol. The number of fused-ring (bicyclic) bond motifs is 2. The Morgan fingerprint density at radius 1 is 1.17 bits per heavy atom. The number of pyridine rings is 1. The van der Waals surface area contributed by atoms with Gasteiger partial charge in [0.1, 0.15) is 22.6 Å². The summed E-state index contributed by atoms with van der Waals surface area (Å²) in [6.07, 6.45) is 3.72. The number of rotatable bonds is 5. The maximum atomic E-state index is 14.5. The Hall–Kier alpha value is -4.17. The minimum absolute atomic E-state index is 0.0611. The number of aryl methyl sites for hydroxylation is 2. The molecule has 0 bridgehead atoms. The molecule has 1 unspecified atom stereocenters. The Balaban J connectivity index is 1.64. The molecule has 3 aromatic heterocycles. The van der Waals surface area contributed by atoms with Crippen molar-refractivity contribution in [3.63, 3.8) is 0 Å². The Bertz CT molecular complexity index is 1740. The Morgan fingerprint density at radius 3 is 2.69 bits per heavy atom. The van der Waals surface area contributed by atoms with Crippen LogP contribution in [0.5, 0.6) is 0 Å². The lowest BCUT2D eigenvalue weighted by Gasteiger charge is -2.20. The topological polar surface area (TPSA) is 96.8 Å². The third-order valence-corrected chi connectivity index (χ3v) is 6.30. The number of aromatic carboxylic acids is 1. The molecule has 3 heterocycles. The maximum Gasteiger partial charge on any atom is 0.340 e. The molecule has 0 aliphatic rings. The summed E-state index contributed by atoms with van der Waals surface area (Å²) in [7, 11) is 0. The van der Waals surface area contributed by atoms with Crippen LogP contribution in [-0.4, -0.2) is 20.5 Å². The molecule has 7 nitrogen and oxygen atoms in total. The molecule has 0 saturated heterocycles. The third kappa shape index (κ3) is 4.09. The second-order valence-corrected chi connectivity index (χ2v) is 9.13. The molecule has 0 aliphatic carbocycles. The second kappa shape index (κ2) is 8.80. The van der Waals surface area contributed by atoms with Gasteiger partial charge in [-0.25, -0.2) is 14.2 Å². The zero-order valence-corrected chi connectivity index (χ0v) is 20.4. The van der Waals surface area contributed by atoms with Crippen LogP contribution in [0.15, 0.2) is 64.1 Å². The van der Waals surface area contributed by atoms with Crippen molar-refractivity contribution in [1.82, 2.24) is 9.38 Å². The largest absolute Gasteiger partial charge is 0.478 e. The molecule has 182 valence electrons. The van der Waals surface area contributed by atoms with Crippen LogP contribution in [0.4, 0.5) is 10.1 Å². The Labute approximate surface area is 209 Å². The van der Waals surface area contributed by atoms with Gasteiger partial charge < -0.3 is 19.2 Å². The van der Waals surface area contributed by atoms with Crippen molar-refractivity contribution >= 4 is 39.9 Å². The monoisotopic (exact) mass is 505 g/mol. The van der Waals surface area contributed by atoms with Crippen LogP contribution in [-0.2, 0) is 0 Å². The van der Waals surface area contributed by atoms with Crippen molar-refractivity contribution in [2.45, 2.75) is 26.8 Å². The number of hydrogen-bond acceptors (Lipinski definition) is 5. The zero-order chi connectivity index (χ0) is 25.7. The van der Waals surface area contributed by atoms with Gasteiger partial charge in [0.2, 0.25) is 0 Å². The van der Waals surface area contributed by atoms with Gasteiger partial charge in [-0.1, -0.05) is 17.7 Å². The molecule has 1 atom stereocenters. The highest BCUT2D eigenvalue weighted by Gasteiger charge is 2.22. The molecule has 0 radical (unpaired) electrons. The van der Waals surface area contributed by atoms with Gasteiger partial charge in [-0.05, 0) is 56.7 Å². The summed E-state index contributed by atoms with van der Waals surface area (Å²) in [5.74, 6) is -2.09. The first-order valence-electron chi connectivity index (χ1n) is 11.1. The number of carboxylic acid groups (broad SMARTS) is 1. The smallest absolute Gasteiger partial charge is 0.340 e. The zero-order valence-electron chi connectivity index (χ0n) is 19.6. The van der Waals surface area contributed by atoms with E-state index < -0.39 is 23.4 Å². The molecule has 0 spiro atoms. The standard InChI is InChI=1S/C27H21ClFN3O4/c1-13-8-17(15(3)31-20-6-5-19(28)25(29)24(20)27(34)35)26-18(9-13)21(33)10-22(36-26)16-4-7-23-30-14(2)11-32(23)12-16/h4-12,15,31H,1-3H3,(H,34,35). The molecule has 0 fully saturated rings. The molecule has 2 N–H and O–H groups in total. The fourth-order valence-electron chi connectivity index (χ4n) is 4.35. The number of imidazole rings is 1. The van der Waals surface area contributed by atoms with Crippen LogP contribution in [0.25, 0.3) is 27.9 Å². The normalized spacial score (nSPS) is 12.2. The number of carboxylic acids is 1. The van der Waals surface area contributed by atoms with Crippen LogP contribution in [0, 0.1) is 19.7 Å². The average molecular weight is 506 g/mol. The molecule has 0 saturated carbocycles. The van der Waals surface area contributed by atoms with E-state index in [1.807, 2.05) is 48.8 Å². The molecule has 9 heteroatoms. The molecule has 2 aromatic carbocycles. The van der Waals surface area contributed by atoms with Gasteiger partial charge in [0, 0.05) is 29.6 Å². The number of anilines is 1. The summed E-state index contributed by atoms with van der Waals surface area (Å²) >= 11 is 5.79. The van der Waals surface area contributed by atoms with E-state index in [0.717, 1.165) is 16.9 Å². The van der Waals surface area contributed by atoms with E-state index in [2.05, 4.69) is 10.3 Å². The molecule has 5 aromatic rings. The highest BCUT2D eigenvalue weighted by atomic mass is 35.5. The minimum Gasteiger partial charge on any atom is -0.478 e. The summed E-state index contributed by atoms with van der Waals surface area (Å²) < 4.78 is 22.6. The Kier molecular flexibility index (Phi) is 5.76. The third-order valence-electron chi connectivity index (χ3n) is 6.00. The molecule has 36 heavy (non-hydrogen) atoms. The summed E-state index contributed by atoms with van der Waals surface area (Å²) in [4.78, 5) is 29.2. The van der Waals surface area contributed by atoms with Gasteiger partial charge >= 0.3 is 5.97 Å². The summed E-state index contributed by atoms with van der Waals surface area (Å²) in [5.41, 5.74) is 3.42. The first-order valence-corrected chi connectivity index (χ1v) is 11.5. The lowest BCUT2D eigenvalue weighted by atomic mass is 10.00. The van der Waals surface area contributed by atoms with E-state index in [0.29, 0.717) is 27.9 Å². The minimum atomic E-state index is -1.45. The van der Waals surface area contributed by atoms with E-state index in [4.69, 9.17) is 16.0 Å². The van der Waals surface area contributed by atoms with Crippen molar-refractivity contribution in [2.24, 2.45) is 0 Å². The van der Waals surface area contributed by atoms with E-state index >= 15 is 0 Å². The van der Waals surface area contributed by atoms with Crippen LogP contribution in [0.3, 0.4) is 0 Å². The van der Waals surface area contributed by atoms with Crippen molar-refractivity contribution in [1.29, 1.82) is 0 Å². The van der Waals surface area contributed by atoms with E-state index in [-0.39, 0.29) is 16.1 Å². The number of carbonyl (C=O) groups is 1. The average Bonchev–Trinajstić information content (AvgIpc) is 3.20. The first kappa shape index (κ1) is 23.6. The molecule has 5 rings (SSSR count). The van der Waals surface area contributed by atoms with Gasteiger partial charge in [0.05, 0.1) is 27.8 Å². The lowest BCUT2D eigenvalue weighted by Crippen LogP contribution is -2.14. The first-order chi connectivity index (χ1) is 17.1. The van der Waals surface area contributed by atoms with Crippen molar-refractivity contribution in [2.75, 3.05) is 5.32 Å². The predicted molar refractivity (Wildman–Crippen MR) is 137 cm³/mol. The number of nitrogens with one attached hydrogen (secondary N) is 1. The van der Waals surface area contributed by atoms with E-state index in [9.17, 15) is 19.1 Å². The summed E-state index contributed by atoms with van der Waals surface area (Å²) in [6.45, 7) is 5.52. The van der Waals surface area contributed by atoms with Gasteiger partial charge in [-0.2, -0.15) is 0 Å². The van der Waals surface area contributed by atoms with Gasteiger partial charge in [0.15, 0.2) is 11.2 Å². The van der Waals surface area contributed by atoms with Gasteiger partial charge in [-0.15, -0.1) is 0 Å². The van der Waals surface area contributed by atoms with Crippen LogP contribution >= 0.6 is 11.6 Å². The second-order valence-electron chi connectivity index (χ2n) is 8.73. The highest BCUT2D eigenvalue weighted by molar-refractivity contribution is 6.31. The van der Waals surface area contributed by atoms with Crippen LogP contribution < -0.4 is 10.7 Å². The van der Waals surface area contributed by atoms with Crippen molar-refractivity contribution < 1.29 is 18.7 Å². The van der Waals surface area contributed by atoms with Crippen LogP contribution in [0.1, 0.15) is 40.1 Å². The number of halogens is 2. The molecule has 0 amide bonds. The van der Waals surface area contributed by atoms with Crippen LogP contribution in [0.2, 0.25) is 5.02 Å². The fourth-order valence-corrected chi connectivity index (χ4v) is 4.51. The lowest BCUT2D eigenvalue weighted by molar-refractivity contribution is 0.0693. The van der Waals surface area contributed by atoms with Gasteiger partial charge in [-0.3, -0.25) is 4.79 Å². The number of aromatic nitrogens is 2. The highest BCUT2D eigenvalue weighted by Crippen LogP contribution is 2.33. The van der Waals surface area contributed by atoms with Crippen molar-refractivity contribution in [3.8, 4) is 11.3 Å². The SMILES string of the molecule is Cc1cc(C(C)Nc2ccc(Cl)c(F)c2C(=O)O)c2oc(-c3ccc4nc(C)cn4c3)cc(=O)c2c1. The summed E-state index contributed by atoms with van der Waals surface area (Å²) in [5, 5.41) is 12.7. The number of hydrogen-bond donors (Lipinski definition) is 2. The number of nitrogens with zero attached hydrogens (tertiary/aromatic N) is 2. The van der Waals surface area contributed by atoms with Crippen molar-refractivity contribution in [3.05, 3.63) is 98.3 Å². The van der Waals surface area contributed by atoms with E-state index in [1.165, 1.54) is 18.2 Å². The Morgan fingerprint density at radius 2 is 1.94 bits per heavy atom. The fraction of sp³-hybridized carbons (Fsp3) is 0.148. The molecular formula is C27H21ClFN3O4. The predicted octanol–water partition coefficient (Wildman–Crippen LogP) is 6.39. The van der Waals surface area contributed by atoms with E-state index in [1.54, 1.807) is 13.0 Å². The number of benzene rings is 2.